The molecule has 0 aromatic heterocycles. The normalized spacial score (nSPS) is 15.5. The quantitative estimate of drug-likeness (QED) is 0.532. The van der Waals surface area contributed by atoms with Crippen molar-refractivity contribution in [1.29, 1.82) is 0 Å². The zero-order valence-corrected chi connectivity index (χ0v) is 18.6. The van der Waals surface area contributed by atoms with Gasteiger partial charge in [-0.05, 0) is 48.9 Å². The molecule has 2 N–H and O–H groups in total. The van der Waals surface area contributed by atoms with Crippen LogP contribution >= 0.6 is 11.6 Å². The molecule has 3 amide bonds. The minimum atomic E-state index is -0.379. The average Bonchev–Trinajstić information content (AvgIpc) is 3.17. The number of anilines is 2. The van der Waals surface area contributed by atoms with E-state index < -0.39 is 0 Å². The highest BCUT2D eigenvalue weighted by molar-refractivity contribution is 6.30. The zero-order valence-electron chi connectivity index (χ0n) is 17.8. The van der Waals surface area contributed by atoms with Crippen molar-refractivity contribution in [2.75, 3.05) is 43.6 Å². The smallest absolute Gasteiger partial charge is 0.262 e. The third-order valence-corrected chi connectivity index (χ3v) is 5.18. The van der Waals surface area contributed by atoms with Gasteiger partial charge in [0.1, 0.15) is 5.75 Å². The molecule has 0 bridgehead atoms. The molecule has 0 unspecified atom stereocenters. The summed E-state index contributed by atoms with van der Waals surface area (Å²) in [7, 11) is 1.61. The lowest BCUT2D eigenvalue weighted by molar-refractivity contribution is -0.126. The summed E-state index contributed by atoms with van der Waals surface area (Å²) in [6.45, 7) is 1.26. The van der Waals surface area contributed by atoms with Crippen molar-refractivity contribution in [3.05, 3.63) is 53.6 Å². The summed E-state index contributed by atoms with van der Waals surface area (Å²) < 4.78 is 10.5. The maximum absolute atomic E-state index is 12.4. The summed E-state index contributed by atoms with van der Waals surface area (Å²) in [4.78, 5) is 38.3. The summed E-state index contributed by atoms with van der Waals surface area (Å²) in [5.41, 5.74) is 1.27. The lowest BCUT2D eigenvalue weighted by Crippen LogP contribution is -2.33. The van der Waals surface area contributed by atoms with E-state index in [4.69, 9.17) is 21.1 Å². The van der Waals surface area contributed by atoms with Crippen LogP contribution in [0.1, 0.15) is 12.8 Å². The third kappa shape index (κ3) is 6.70. The first-order valence-corrected chi connectivity index (χ1v) is 10.7. The Hall–Kier alpha value is -3.10. The second-order valence-corrected chi connectivity index (χ2v) is 7.82. The molecule has 2 aromatic rings. The van der Waals surface area contributed by atoms with Gasteiger partial charge in [-0.15, -0.1) is 0 Å². The van der Waals surface area contributed by atoms with Gasteiger partial charge in [0.05, 0.1) is 5.92 Å². The number of hydrogen-bond donors (Lipinski definition) is 2. The second kappa shape index (κ2) is 11.5. The Labute approximate surface area is 191 Å². The first kappa shape index (κ1) is 23.6. The number of methoxy groups -OCH3 is 1. The van der Waals surface area contributed by atoms with Crippen LogP contribution in [0.2, 0.25) is 5.02 Å². The fraction of sp³-hybridized carbons (Fsp3) is 0.348. The van der Waals surface area contributed by atoms with Crippen LogP contribution in [0.3, 0.4) is 0 Å². The molecule has 1 saturated heterocycles. The lowest BCUT2D eigenvalue weighted by atomic mass is 10.1. The van der Waals surface area contributed by atoms with Crippen LogP contribution < -0.4 is 20.3 Å². The van der Waals surface area contributed by atoms with Gasteiger partial charge in [-0.1, -0.05) is 17.7 Å². The molecule has 1 heterocycles. The van der Waals surface area contributed by atoms with E-state index in [9.17, 15) is 14.4 Å². The SMILES string of the molecule is COCCCNC(=O)[C@@H]1CC(=O)N(c2ccc(OCC(=O)Nc3cccc(Cl)c3)cc2)C1. The number of carbonyl (C=O) groups is 3. The number of rotatable bonds is 10. The highest BCUT2D eigenvalue weighted by atomic mass is 35.5. The lowest BCUT2D eigenvalue weighted by Gasteiger charge is -2.17. The van der Waals surface area contributed by atoms with E-state index in [2.05, 4.69) is 10.6 Å². The van der Waals surface area contributed by atoms with Crippen molar-refractivity contribution in [2.24, 2.45) is 5.92 Å². The second-order valence-electron chi connectivity index (χ2n) is 7.38. The van der Waals surface area contributed by atoms with Crippen LogP contribution in [0, 0.1) is 5.92 Å². The summed E-state index contributed by atoms with van der Waals surface area (Å²) in [5.74, 6) is -0.421. The Kier molecular flexibility index (Phi) is 8.47. The fourth-order valence-corrected chi connectivity index (χ4v) is 3.53. The van der Waals surface area contributed by atoms with Crippen molar-refractivity contribution < 1.29 is 23.9 Å². The highest BCUT2D eigenvalue weighted by Gasteiger charge is 2.34. The van der Waals surface area contributed by atoms with E-state index in [0.29, 0.717) is 41.8 Å². The van der Waals surface area contributed by atoms with Crippen LogP contribution in [-0.2, 0) is 19.1 Å². The van der Waals surface area contributed by atoms with Crippen molar-refractivity contribution in [2.45, 2.75) is 12.8 Å². The van der Waals surface area contributed by atoms with E-state index >= 15 is 0 Å². The van der Waals surface area contributed by atoms with Crippen molar-refractivity contribution in [3.63, 3.8) is 0 Å². The molecule has 9 heteroatoms. The maximum Gasteiger partial charge on any atom is 0.262 e. The number of hydrogen-bond acceptors (Lipinski definition) is 5. The van der Waals surface area contributed by atoms with Gasteiger partial charge >= 0.3 is 0 Å². The molecule has 170 valence electrons. The minimum Gasteiger partial charge on any atom is -0.484 e. The molecule has 0 saturated carbocycles. The maximum atomic E-state index is 12.4. The number of nitrogens with zero attached hydrogens (tertiary/aromatic N) is 1. The molecule has 8 nitrogen and oxygen atoms in total. The Morgan fingerprint density at radius 2 is 1.97 bits per heavy atom. The predicted molar refractivity (Wildman–Crippen MR) is 122 cm³/mol. The first-order chi connectivity index (χ1) is 15.5. The third-order valence-electron chi connectivity index (χ3n) is 4.95. The summed E-state index contributed by atoms with van der Waals surface area (Å²) >= 11 is 5.90. The molecular weight excluding hydrogens is 434 g/mol. The van der Waals surface area contributed by atoms with Crippen molar-refractivity contribution in [1.82, 2.24) is 5.32 Å². The molecular formula is C23H26ClN3O5. The Bertz CT molecular complexity index is 951. The number of nitrogens with one attached hydrogen (secondary N) is 2. The van der Waals surface area contributed by atoms with Gasteiger partial charge in [-0.2, -0.15) is 0 Å². The first-order valence-electron chi connectivity index (χ1n) is 10.3. The van der Waals surface area contributed by atoms with E-state index in [1.165, 1.54) is 0 Å². The standard InChI is InChI=1S/C23H26ClN3O5/c1-31-11-3-10-25-23(30)16-12-22(29)27(14-16)19-6-8-20(9-7-19)32-15-21(28)26-18-5-2-4-17(24)13-18/h2,4-9,13,16H,3,10-12,14-15H2,1H3,(H,25,30)(H,26,28)/t16-/m1/s1. The molecule has 1 fully saturated rings. The predicted octanol–water partition coefficient (Wildman–Crippen LogP) is 2.86. The number of benzene rings is 2. The molecule has 1 aliphatic rings. The molecule has 0 radical (unpaired) electrons. The largest absolute Gasteiger partial charge is 0.484 e. The average molecular weight is 460 g/mol. The number of ether oxygens (including phenoxy) is 2. The van der Waals surface area contributed by atoms with Gasteiger partial charge in [0.15, 0.2) is 6.61 Å². The van der Waals surface area contributed by atoms with E-state index in [0.717, 1.165) is 6.42 Å². The van der Waals surface area contributed by atoms with Crippen LogP contribution in [0.25, 0.3) is 0 Å². The van der Waals surface area contributed by atoms with Gasteiger partial charge in [-0.3, -0.25) is 14.4 Å². The summed E-state index contributed by atoms with van der Waals surface area (Å²) in [5, 5.41) is 6.08. The van der Waals surface area contributed by atoms with E-state index in [-0.39, 0.29) is 36.7 Å². The number of halogens is 1. The highest BCUT2D eigenvalue weighted by Crippen LogP contribution is 2.27. The van der Waals surface area contributed by atoms with Crippen LogP contribution in [-0.4, -0.2) is 51.1 Å². The molecule has 0 aliphatic carbocycles. The Balaban J connectivity index is 1.48. The van der Waals surface area contributed by atoms with Gasteiger partial charge in [-0.25, -0.2) is 0 Å². The molecule has 1 aliphatic heterocycles. The zero-order chi connectivity index (χ0) is 22.9. The van der Waals surface area contributed by atoms with Crippen LogP contribution in [0.4, 0.5) is 11.4 Å². The number of carbonyl (C=O) groups excluding carboxylic acids is 3. The van der Waals surface area contributed by atoms with Gasteiger partial charge < -0.3 is 25.0 Å². The summed E-state index contributed by atoms with van der Waals surface area (Å²) in [6, 6.07) is 13.7. The van der Waals surface area contributed by atoms with E-state index in [1.54, 1.807) is 60.5 Å². The van der Waals surface area contributed by atoms with E-state index in [1.807, 2.05) is 0 Å². The topological polar surface area (TPSA) is 97.0 Å². The van der Waals surface area contributed by atoms with Crippen molar-refractivity contribution >= 4 is 40.7 Å². The molecule has 1 atom stereocenters. The van der Waals surface area contributed by atoms with Gasteiger partial charge in [0.25, 0.3) is 5.91 Å². The van der Waals surface area contributed by atoms with Crippen LogP contribution in [0.5, 0.6) is 5.75 Å². The Morgan fingerprint density at radius 3 is 2.69 bits per heavy atom. The number of amides is 3. The monoisotopic (exact) mass is 459 g/mol. The van der Waals surface area contributed by atoms with Crippen LogP contribution in [0.15, 0.2) is 48.5 Å². The molecule has 32 heavy (non-hydrogen) atoms. The Morgan fingerprint density at radius 1 is 1.19 bits per heavy atom. The van der Waals surface area contributed by atoms with Gasteiger partial charge in [0.2, 0.25) is 11.8 Å². The van der Waals surface area contributed by atoms with Crippen molar-refractivity contribution in [3.8, 4) is 5.75 Å². The summed E-state index contributed by atoms with van der Waals surface area (Å²) in [6.07, 6.45) is 0.906. The fourth-order valence-electron chi connectivity index (χ4n) is 3.34. The minimum absolute atomic E-state index is 0.100. The molecule has 0 spiro atoms. The molecule has 2 aromatic carbocycles. The molecule has 3 rings (SSSR count). The van der Waals surface area contributed by atoms with Gasteiger partial charge in [0, 0.05) is 49.6 Å².